The van der Waals surface area contributed by atoms with E-state index in [0.717, 1.165) is 5.56 Å². The van der Waals surface area contributed by atoms with E-state index >= 15 is 0 Å². The van der Waals surface area contributed by atoms with Gasteiger partial charge < -0.3 is 0 Å². The Morgan fingerprint density at radius 3 is 2.50 bits per heavy atom. The molecular formula is C11H16IN3O2S. The Labute approximate surface area is 122 Å². The summed E-state index contributed by atoms with van der Waals surface area (Å²) < 4.78 is 27.9. The summed E-state index contributed by atoms with van der Waals surface area (Å²) in [5.74, 6) is 0. The average molecular weight is 381 g/mol. The largest absolute Gasteiger partial charge is 0.225 e. The first kappa shape index (κ1) is 14.2. The molecule has 0 radical (unpaired) electrons. The van der Waals surface area contributed by atoms with Gasteiger partial charge in [-0.05, 0) is 5.56 Å². The Bertz CT molecular complexity index is 494. The molecule has 0 amide bonds. The first-order valence-corrected chi connectivity index (χ1v) is 8.58. The zero-order valence-electron chi connectivity index (χ0n) is 10.1. The van der Waals surface area contributed by atoms with E-state index in [1.807, 2.05) is 30.3 Å². The fourth-order valence-electron chi connectivity index (χ4n) is 2.12. The van der Waals surface area contributed by atoms with Gasteiger partial charge in [-0.15, -0.1) is 0 Å². The number of hydrazine groups is 1. The SMILES string of the molecule is CS(=O)(=O)N1CCN(NI)C(c2ccccc2)C1. The third-order valence-corrected chi connectivity index (χ3v) is 4.99. The number of benzene rings is 1. The second-order valence-electron chi connectivity index (χ2n) is 4.33. The lowest BCUT2D eigenvalue weighted by Gasteiger charge is -2.39. The van der Waals surface area contributed by atoms with Crippen LogP contribution in [-0.2, 0) is 10.0 Å². The molecule has 18 heavy (non-hydrogen) atoms. The molecule has 7 heteroatoms. The van der Waals surface area contributed by atoms with Gasteiger partial charge in [0.2, 0.25) is 10.0 Å². The van der Waals surface area contributed by atoms with E-state index in [4.69, 9.17) is 0 Å². The Hall–Kier alpha value is -0.220. The molecule has 1 saturated heterocycles. The van der Waals surface area contributed by atoms with Crippen molar-refractivity contribution in [1.29, 1.82) is 0 Å². The summed E-state index contributed by atoms with van der Waals surface area (Å²) >= 11 is 2.08. The van der Waals surface area contributed by atoms with Gasteiger partial charge in [0.05, 0.1) is 12.3 Å². The summed E-state index contributed by atoms with van der Waals surface area (Å²) in [6, 6.07) is 10.0. The quantitative estimate of drug-likeness (QED) is 0.631. The Morgan fingerprint density at radius 2 is 1.94 bits per heavy atom. The summed E-state index contributed by atoms with van der Waals surface area (Å²) in [5, 5.41) is 2.07. The molecule has 2 rings (SSSR count). The van der Waals surface area contributed by atoms with Crippen molar-refractivity contribution < 1.29 is 8.42 Å². The summed E-state index contributed by atoms with van der Waals surface area (Å²) in [5.41, 5.74) is 1.12. The van der Waals surface area contributed by atoms with E-state index in [-0.39, 0.29) is 6.04 Å². The third-order valence-electron chi connectivity index (χ3n) is 3.11. The molecule has 1 aromatic rings. The van der Waals surface area contributed by atoms with Crippen molar-refractivity contribution in [2.75, 3.05) is 25.9 Å². The molecule has 0 saturated carbocycles. The van der Waals surface area contributed by atoms with Crippen LogP contribution in [-0.4, -0.2) is 43.6 Å². The van der Waals surface area contributed by atoms with Gasteiger partial charge in [-0.25, -0.2) is 13.4 Å². The van der Waals surface area contributed by atoms with Crippen LogP contribution in [0.2, 0.25) is 0 Å². The van der Waals surface area contributed by atoms with E-state index in [2.05, 4.69) is 31.5 Å². The number of piperazine rings is 1. The lowest BCUT2D eigenvalue weighted by Crippen LogP contribution is -2.52. The van der Waals surface area contributed by atoms with Crippen LogP contribution >= 0.6 is 22.9 Å². The highest BCUT2D eigenvalue weighted by molar-refractivity contribution is 14.1. The van der Waals surface area contributed by atoms with E-state index in [1.54, 1.807) is 0 Å². The monoisotopic (exact) mass is 381 g/mol. The van der Waals surface area contributed by atoms with Crippen molar-refractivity contribution in [1.82, 2.24) is 13.0 Å². The number of rotatable bonds is 3. The van der Waals surface area contributed by atoms with Gasteiger partial charge in [-0.3, -0.25) is 0 Å². The molecule has 100 valence electrons. The van der Waals surface area contributed by atoms with Gasteiger partial charge in [0.15, 0.2) is 0 Å². The predicted octanol–water partition coefficient (Wildman–Crippen LogP) is 1.16. The Balaban J connectivity index is 2.24. The highest BCUT2D eigenvalue weighted by atomic mass is 127. The smallest absolute Gasteiger partial charge is 0.211 e. The van der Waals surface area contributed by atoms with E-state index in [0.29, 0.717) is 19.6 Å². The molecule has 1 aromatic carbocycles. The van der Waals surface area contributed by atoms with Crippen LogP contribution in [0.4, 0.5) is 0 Å². The molecule has 1 atom stereocenters. The molecular weight excluding hydrogens is 365 g/mol. The third kappa shape index (κ3) is 3.21. The zero-order chi connectivity index (χ0) is 13.2. The van der Waals surface area contributed by atoms with Gasteiger partial charge >= 0.3 is 0 Å². The lowest BCUT2D eigenvalue weighted by molar-refractivity contribution is 0.107. The van der Waals surface area contributed by atoms with Crippen molar-refractivity contribution in [3.05, 3.63) is 35.9 Å². The highest BCUT2D eigenvalue weighted by Crippen LogP contribution is 2.25. The van der Waals surface area contributed by atoms with Crippen molar-refractivity contribution in [2.45, 2.75) is 6.04 Å². The van der Waals surface area contributed by atoms with E-state index in [1.165, 1.54) is 10.6 Å². The molecule has 1 heterocycles. The van der Waals surface area contributed by atoms with Gasteiger partial charge in [-0.1, -0.05) is 30.3 Å². The predicted molar refractivity (Wildman–Crippen MR) is 79.5 cm³/mol. The summed E-state index contributed by atoms with van der Waals surface area (Å²) in [7, 11) is -3.12. The molecule has 0 bridgehead atoms. The fraction of sp³-hybridized carbons (Fsp3) is 0.455. The van der Waals surface area contributed by atoms with Crippen LogP contribution in [0.15, 0.2) is 30.3 Å². The van der Waals surface area contributed by atoms with Crippen LogP contribution in [0.1, 0.15) is 11.6 Å². The number of sulfonamides is 1. The van der Waals surface area contributed by atoms with Crippen molar-refractivity contribution in [3.63, 3.8) is 0 Å². The van der Waals surface area contributed by atoms with Crippen molar-refractivity contribution >= 4 is 32.9 Å². The lowest BCUT2D eigenvalue weighted by atomic mass is 10.1. The van der Waals surface area contributed by atoms with E-state index in [9.17, 15) is 8.42 Å². The minimum atomic E-state index is -3.12. The van der Waals surface area contributed by atoms with Crippen LogP contribution < -0.4 is 3.64 Å². The number of hydrogen-bond acceptors (Lipinski definition) is 4. The molecule has 1 aliphatic rings. The molecule has 0 aromatic heterocycles. The first-order valence-electron chi connectivity index (χ1n) is 5.65. The second kappa shape index (κ2) is 5.83. The molecule has 0 spiro atoms. The maximum absolute atomic E-state index is 11.6. The Kier molecular flexibility index (Phi) is 4.59. The topological polar surface area (TPSA) is 52.7 Å². The minimum Gasteiger partial charge on any atom is -0.225 e. The first-order chi connectivity index (χ1) is 8.52. The molecule has 5 nitrogen and oxygen atoms in total. The van der Waals surface area contributed by atoms with E-state index < -0.39 is 10.0 Å². The normalized spacial score (nSPS) is 23.1. The van der Waals surface area contributed by atoms with Gasteiger partial charge in [0, 0.05) is 42.5 Å². The Morgan fingerprint density at radius 1 is 1.28 bits per heavy atom. The molecule has 1 N–H and O–H groups in total. The van der Waals surface area contributed by atoms with Crippen molar-refractivity contribution in [3.8, 4) is 0 Å². The summed E-state index contributed by atoms with van der Waals surface area (Å²) in [6.07, 6.45) is 1.27. The summed E-state index contributed by atoms with van der Waals surface area (Å²) in [4.78, 5) is 0. The van der Waals surface area contributed by atoms with Crippen LogP contribution in [0, 0.1) is 0 Å². The molecule has 1 unspecified atom stereocenters. The number of halogens is 1. The second-order valence-corrected chi connectivity index (χ2v) is 6.79. The zero-order valence-corrected chi connectivity index (χ0v) is 13.1. The van der Waals surface area contributed by atoms with Crippen LogP contribution in [0.5, 0.6) is 0 Å². The molecule has 1 fully saturated rings. The standard InChI is InChI=1S/C11H16IN3O2S/c1-18(16,17)14-7-8-15(13-12)11(9-14)10-5-3-2-4-6-10/h2-6,11,13H,7-9H2,1H3. The number of nitrogens with one attached hydrogen (secondary N) is 1. The minimum absolute atomic E-state index is 0.0478. The average Bonchev–Trinajstić information content (AvgIpc) is 2.38. The molecule has 1 aliphatic heterocycles. The maximum Gasteiger partial charge on any atom is 0.211 e. The number of hydrogen-bond donors (Lipinski definition) is 1. The maximum atomic E-state index is 11.6. The summed E-state index contributed by atoms with van der Waals surface area (Å²) in [6.45, 7) is 1.69. The number of nitrogens with zero attached hydrogens (tertiary/aromatic N) is 2. The fourth-order valence-corrected chi connectivity index (χ4v) is 3.52. The highest BCUT2D eigenvalue weighted by Gasteiger charge is 2.31. The van der Waals surface area contributed by atoms with Crippen LogP contribution in [0.25, 0.3) is 0 Å². The van der Waals surface area contributed by atoms with Gasteiger partial charge in [0.25, 0.3) is 0 Å². The molecule has 0 aliphatic carbocycles. The van der Waals surface area contributed by atoms with Crippen LogP contribution in [0.3, 0.4) is 0 Å². The van der Waals surface area contributed by atoms with Crippen molar-refractivity contribution in [2.24, 2.45) is 0 Å². The van der Waals surface area contributed by atoms with Gasteiger partial charge in [0.1, 0.15) is 0 Å². The van der Waals surface area contributed by atoms with Gasteiger partial charge in [-0.2, -0.15) is 7.94 Å².